The molecule has 100 valence electrons. The Kier molecular flexibility index (Phi) is 3.54. The smallest absolute Gasteiger partial charge is 0.306 e. The minimum atomic E-state index is -0.780. The average Bonchev–Trinajstić information content (AvgIpc) is 2.69. The SMILES string of the molecule is CN1CC(C(=O)N2CCC(C(=O)O)CC2)CC1=O. The van der Waals surface area contributed by atoms with Gasteiger partial charge in [0, 0.05) is 33.1 Å². The van der Waals surface area contributed by atoms with Gasteiger partial charge in [-0.1, -0.05) is 0 Å². The highest BCUT2D eigenvalue weighted by molar-refractivity contribution is 5.89. The summed E-state index contributed by atoms with van der Waals surface area (Å²) in [6.07, 6.45) is 1.31. The average molecular weight is 254 g/mol. The molecule has 0 saturated carbocycles. The number of rotatable bonds is 2. The molecule has 6 heteroatoms. The topological polar surface area (TPSA) is 77.9 Å². The summed E-state index contributed by atoms with van der Waals surface area (Å²) >= 11 is 0. The van der Waals surface area contributed by atoms with Gasteiger partial charge in [-0.05, 0) is 12.8 Å². The van der Waals surface area contributed by atoms with Crippen LogP contribution in [0.1, 0.15) is 19.3 Å². The second-order valence-electron chi connectivity index (χ2n) is 5.11. The van der Waals surface area contributed by atoms with Crippen LogP contribution in [0.3, 0.4) is 0 Å². The largest absolute Gasteiger partial charge is 0.481 e. The number of carboxylic acid groups (broad SMARTS) is 1. The molecule has 18 heavy (non-hydrogen) atoms. The highest BCUT2D eigenvalue weighted by atomic mass is 16.4. The van der Waals surface area contributed by atoms with E-state index in [9.17, 15) is 14.4 Å². The van der Waals surface area contributed by atoms with Gasteiger partial charge in [-0.25, -0.2) is 0 Å². The van der Waals surface area contributed by atoms with Gasteiger partial charge in [0.2, 0.25) is 11.8 Å². The van der Waals surface area contributed by atoms with Gasteiger partial charge in [0.15, 0.2) is 0 Å². The van der Waals surface area contributed by atoms with Crippen LogP contribution in [0.25, 0.3) is 0 Å². The minimum Gasteiger partial charge on any atom is -0.481 e. The number of amides is 2. The van der Waals surface area contributed by atoms with Crippen molar-refractivity contribution < 1.29 is 19.5 Å². The molecular weight excluding hydrogens is 236 g/mol. The van der Waals surface area contributed by atoms with Crippen molar-refractivity contribution in [2.45, 2.75) is 19.3 Å². The van der Waals surface area contributed by atoms with E-state index in [-0.39, 0.29) is 30.1 Å². The van der Waals surface area contributed by atoms with Crippen molar-refractivity contribution in [3.05, 3.63) is 0 Å². The third kappa shape index (κ3) is 2.47. The Bertz CT molecular complexity index is 374. The van der Waals surface area contributed by atoms with Crippen molar-refractivity contribution in [1.82, 2.24) is 9.80 Å². The Morgan fingerprint density at radius 2 is 1.83 bits per heavy atom. The number of aliphatic carboxylic acids is 1. The summed E-state index contributed by atoms with van der Waals surface area (Å²) in [4.78, 5) is 37.7. The molecule has 1 atom stereocenters. The van der Waals surface area contributed by atoms with E-state index in [1.165, 1.54) is 0 Å². The number of likely N-dealkylation sites (tertiary alicyclic amines) is 2. The minimum absolute atomic E-state index is 0.00320. The zero-order valence-electron chi connectivity index (χ0n) is 10.5. The highest BCUT2D eigenvalue weighted by Crippen LogP contribution is 2.23. The van der Waals surface area contributed by atoms with Gasteiger partial charge >= 0.3 is 5.97 Å². The quantitative estimate of drug-likeness (QED) is 0.739. The normalized spacial score (nSPS) is 25.6. The van der Waals surface area contributed by atoms with Crippen molar-refractivity contribution >= 4 is 17.8 Å². The van der Waals surface area contributed by atoms with Crippen LogP contribution in [0.15, 0.2) is 0 Å². The molecule has 6 nitrogen and oxygen atoms in total. The Morgan fingerprint density at radius 3 is 2.28 bits per heavy atom. The van der Waals surface area contributed by atoms with E-state index in [2.05, 4.69) is 0 Å². The zero-order valence-corrected chi connectivity index (χ0v) is 10.5. The molecule has 0 bridgehead atoms. The summed E-state index contributed by atoms with van der Waals surface area (Å²) in [6.45, 7) is 1.46. The number of hydrogen-bond donors (Lipinski definition) is 1. The first-order chi connectivity index (χ1) is 8.49. The molecule has 2 amide bonds. The molecule has 0 radical (unpaired) electrons. The zero-order chi connectivity index (χ0) is 13.3. The van der Waals surface area contributed by atoms with Gasteiger partial charge < -0.3 is 14.9 Å². The fourth-order valence-electron chi connectivity index (χ4n) is 2.63. The first kappa shape index (κ1) is 12.9. The first-order valence-electron chi connectivity index (χ1n) is 6.24. The van der Waals surface area contributed by atoms with Crippen molar-refractivity contribution in [2.75, 3.05) is 26.7 Å². The summed E-state index contributed by atoms with van der Waals surface area (Å²) in [7, 11) is 1.70. The molecule has 2 rings (SSSR count). The second kappa shape index (κ2) is 4.96. The molecule has 0 aromatic heterocycles. The monoisotopic (exact) mass is 254 g/mol. The summed E-state index contributed by atoms with van der Waals surface area (Å²) in [5.41, 5.74) is 0. The van der Waals surface area contributed by atoms with Crippen molar-refractivity contribution in [1.29, 1.82) is 0 Å². The van der Waals surface area contributed by atoms with Crippen LogP contribution in [-0.4, -0.2) is 59.4 Å². The standard InChI is InChI=1S/C12H18N2O4/c1-13-7-9(6-10(13)15)11(16)14-4-2-8(3-5-14)12(17)18/h8-9H,2-7H2,1H3,(H,17,18). The Morgan fingerprint density at radius 1 is 1.22 bits per heavy atom. The molecule has 2 fully saturated rings. The van der Waals surface area contributed by atoms with E-state index in [1.807, 2.05) is 0 Å². The van der Waals surface area contributed by atoms with Crippen molar-refractivity contribution in [3.63, 3.8) is 0 Å². The van der Waals surface area contributed by atoms with E-state index < -0.39 is 5.97 Å². The Labute approximate surface area is 106 Å². The van der Waals surface area contributed by atoms with E-state index in [4.69, 9.17) is 5.11 Å². The maximum atomic E-state index is 12.2. The molecule has 1 N–H and O–H groups in total. The molecule has 0 spiro atoms. The highest BCUT2D eigenvalue weighted by Gasteiger charge is 2.36. The number of piperidine rings is 1. The fraction of sp³-hybridized carbons (Fsp3) is 0.750. The number of carbonyl (C=O) groups excluding carboxylic acids is 2. The maximum Gasteiger partial charge on any atom is 0.306 e. The lowest BCUT2D eigenvalue weighted by atomic mass is 9.95. The van der Waals surface area contributed by atoms with E-state index in [0.717, 1.165) is 0 Å². The molecule has 2 heterocycles. The lowest BCUT2D eigenvalue weighted by molar-refractivity contribution is -0.146. The lowest BCUT2D eigenvalue weighted by Crippen LogP contribution is -2.43. The van der Waals surface area contributed by atoms with E-state index in [0.29, 0.717) is 32.5 Å². The van der Waals surface area contributed by atoms with Crippen LogP contribution in [0.5, 0.6) is 0 Å². The second-order valence-corrected chi connectivity index (χ2v) is 5.11. The molecule has 0 aromatic carbocycles. The van der Waals surface area contributed by atoms with Crippen LogP contribution in [0, 0.1) is 11.8 Å². The predicted molar refractivity (Wildman–Crippen MR) is 62.7 cm³/mol. The number of carboxylic acids is 1. The Balaban J connectivity index is 1.88. The van der Waals surface area contributed by atoms with Gasteiger partial charge in [0.25, 0.3) is 0 Å². The maximum absolute atomic E-state index is 12.2. The molecule has 0 aliphatic carbocycles. The van der Waals surface area contributed by atoms with Gasteiger partial charge in [0.05, 0.1) is 11.8 Å². The van der Waals surface area contributed by atoms with E-state index >= 15 is 0 Å². The number of hydrogen-bond acceptors (Lipinski definition) is 3. The van der Waals surface area contributed by atoms with Crippen LogP contribution in [-0.2, 0) is 14.4 Å². The molecular formula is C12H18N2O4. The van der Waals surface area contributed by atoms with Gasteiger partial charge in [-0.2, -0.15) is 0 Å². The summed E-state index contributed by atoms with van der Waals surface area (Å²) in [5.74, 6) is -1.35. The third-order valence-electron chi connectivity index (χ3n) is 3.85. The van der Waals surface area contributed by atoms with Crippen LogP contribution >= 0.6 is 0 Å². The predicted octanol–water partition coefficient (Wildman–Crippen LogP) is -0.212. The van der Waals surface area contributed by atoms with Crippen LogP contribution in [0.2, 0.25) is 0 Å². The number of carbonyl (C=O) groups is 3. The fourth-order valence-corrected chi connectivity index (χ4v) is 2.63. The van der Waals surface area contributed by atoms with Gasteiger partial charge in [-0.15, -0.1) is 0 Å². The molecule has 2 saturated heterocycles. The molecule has 2 aliphatic heterocycles. The number of nitrogens with zero attached hydrogens (tertiary/aromatic N) is 2. The van der Waals surface area contributed by atoms with Crippen LogP contribution < -0.4 is 0 Å². The van der Waals surface area contributed by atoms with Gasteiger partial charge in [0.1, 0.15) is 0 Å². The van der Waals surface area contributed by atoms with Gasteiger partial charge in [-0.3, -0.25) is 14.4 Å². The summed E-state index contributed by atoms with van der Waals surface area (Å²) < 4.78 is 0. The van der Waals surface area contributed by atoms with Crippen LogP contribution in [0.4, 0.5) is 0 Å². The van der Waals surface area contributed by atoms with E-state index in [1.54, 1.807) is 16.8 Å². The molecule has 0 aromatic rings. The summed E-state index contributed by atoms with van der Waals surface area (Å²) in [5, 5.41) is 8.89. The Hall–Kier alpha value is -1.59. The molecule has 1 unspecified atom stereocenters. The van der Waals surface area contributed by atoms with Crippen molar-refractivity contribution in [2.24, 2.45) is 11.8 Å². The first-order valence-corrected chi connectivity index (χ1v) is 6.24. The summed E-state index contributed by atoms with van der Waals surface area (Å²) in [6, 6.07) is 0. The third-order valence-corrected chi connectivity index (χ3v) is 3.85. The lowest BCUT2D eigenvalue weighted by Gasteiger charge is -2.31. The van der Waals surface area contributed by atoms with Crippen molar-refractivity contribution in [3.8, 4) is 0 Å². The molecule has 2 aliphatic rings.